The fraction of sp³-hybridized carbons (Fsp3) is 0.143. The van der Waals surface area contributed by atoms with E-state index in [2.05, 4.69) is 22.0 Å². The van der Waals surface area contributed by atoms with Gasteiger partial charge in [0, 0.05) is 5.75 Å². The van der Waals surface area contributed by atoms with E-state index in [-0.39, 0.29) is 0 Å². The van der Waals surface area contributed by atoms with Crippen molar-refractivity contribution in [1.82, 2.24) is 9.97 Å². The predicted octanol–water partition coefficient (Wildman–Crippen LogP) is 1.04. The molecule has 0 aromatic carbocycles. The van der Waals surface area contributed by atoms with E-state index in [1.54, 1.807) is 24.2 Å². The Morgan fingerprint density at radius 3 is 3.17 bits per heavy atom. The van der Waals surface area contributed by atoms with E-state index >= 15 is 0 Å². The molecule has 0 amide bonds. The van der Waals surface area contributed by atoms with Crippen molar-refractivity contribution in [2.24, 2.45) is 5.84 Å². The zero-order valence-corrected chi connectivity index (χ0v) is 7.34. The molecule has 0 unspecified atom stereocenters. The van der Waals surface area contributed by atoms with Crippen LogP contribution in [0.25, 0.3) is 0 Å². The summed E-state index contributed by atoms with van der Waals surface area (Å²) in [7, 11) is 0. The smallest absolute Gasteiger partial charge is 0.159 e. The molecule has 0 fully saturated rings. The summed E-state index contributed by atoms with van der Waals surface area (Å²) < 4.78 is 0. The molecular weight excluding hydrogens is 172 g/mol. The molecule has 0 radical (unpaired) electrons. The van der Waals surface area contributed by atoms with Gasteiger partial charge in [-0.15, -0.1) is 18.3 Å². The van der Waals surface area contributed by atoms with Crippen molar-refractivity contribution in [1.29, 1.82) is 0 Å². The van der Waals surface area contributed by atoms with Crippen LogP contribution in [0.15, 0.2) is 30.1 Å². The van der Waals surface area contributed by atoms with Gasteiger partial charge in [-0.3, -0.25) is 4.98 Å². The van der Waals surface area contributed by atoms with Gasteiger partial charge >= 0.3 is 0 Å². The van der Waals surface area contributed by atoms with Crippen LogP contribution in [0.5, 0.6) is 0 Å². The van der Waals surface area contributed by atoms with Gasteiger partial charge in [0.25, 0.3) is 0 Å². The second-order valence-corrected chi connectivity index (χ2v) is 3.03. The molecule has 1 aromatic rings. The summed E-state index contributed by atoms with van der Waals surface area (Å²) in [6.07, 6.45) is 5.07. The summed E-state index contributed by atoms with van der Waals surface area (Å²) in [5.41, 5.74) is 2.43. The van der Waals surface area contributed by atoms with Gasteiger partial charge in [-0.1, -0.05) is 6.08 Å². The summed E-state index contributed by atoms with van der Waals surface area (Å²) in [6.45, 7) is 3.61. The van der Waals surface area contributed by atoms with Gasteiger partial charge in [0.05, 0.1) is 12.4 Å². The lowest BCUT2D eigenvalue weighted by Gasteiger charge is -2.00. The molecule has 0 aliphatic rings. The van der Waals surface area contributed by atoms with Crippen LogP contribution in [-0.2, 0) is 0 Å². The Bertz CT molecular complexity index is 263. The lowest BCUT2D eigenvalue weighted by atomic mass is 10.7. The monoisotopic (exact) mass is 182 g/mol. The minimum Gasteiger partial charge on any atom is -0.307 e. The summed E-state index contributed by atoms with van der Waals surface area (Å²) in [5, 5.41) is 0.838. The van der Waals surface area contributed by atoms with E-state index in [1.165, 1.54) is 0 Å². The van der Waals surface area contributed by atoms with Crippen LogP contribution in [0.4, 0.5) is 5.82 Å². The predicted molar refractivity (Wildman–Crippen MR) is 50.8 cm³/mol. The maximum Gasteiger partial charge on any atom is 0.159 e. The largest absolute Gasteiger partial charge is 0.307 e. The molecule has 3 N–H and O–H groups in total. The van der Waals surface area contributed by atoms with Crippen LogP contribution < -0.4 is 11.3 Å². The van der Waals surface area contributed by atoms with Crippen molar-refractivity contribution in [3.63, 3.8) is 0 Å². The SMILES string of the molecule is C=CCSc1cncc(NN)n1. The Balaban J connectivity index is 2.65. The number of nitrogens with two attached hydrogens (primary N) is 1. The molecular formula is C7H10N4S. The number of hydrogen-bond donors (Lipinski definition) is 2. The third-order valence-electron chi connectivity index (χ3n) is 1.11. The van der Waals surface area contributed by atoms with Crippen molar-refractivity contribution in [3.8, 4) is 0 Å². The maximum atomic E-state index is 5.17. The first kappa shape index (κ1) is 9.02. The minimum atomic E-state index is 0.573. The molecule has 0 aliphatic heterocycles. The third kappa shape index (κ3) is 2.52. The standard InChI is InChI=1S/C7H10N4S/c1-2-3-12-7-5-9-4-6(10-7)11-8/h2,4-5H,1,3,8H2,(H,10,11). The summed E-state index contributed by atoms with van der Waals surface area (Å²) in [5.74, 6) is 6.56. The van der Waals surface area contributed by atoms with Crippen LogP contribution in [0.2, 0.25) is 0 Å². The highest BCUT2D eigenvalue weighted by atomic mass is 32.2. The van der Waals surface area contributed by atoms with Crippen molar-refractivity contribution in [3.05, 3.63) is 25.0 Å². The Hall–Kier alpha value is -1.07. The van der Waals surface area contributed by atoms with Crippen LogP contribution in [0.3, 0.4) is 0 Å². The molecule has 1 heterocycles. The maximum absolute atomic E-state index is 5.17. The quantitative estimate of drug-likeness (QED) is 0.315. The topological polar surface area (TPSA) is 63.8 Å². The Labute approximate surface area is 75.3 Å². The number of nitrogens with one attached hydrogen (secondary N) is 1. The first-order chi connectivity index (χ1) is 5.86. The molecule has 0 saturated carbocycles. The van der Waals surface area contributed by atoms with Gasteiger partial charge in [0.1, 0.15) is 5.03 Å². The van der Waals surface area contributed by atoms with Gasteiger partial charge in [0.2, 0.25) is 0 Å². The summed E-state index contributed by atoms with van der Waals surface area (Å²) in [6, 6.07) is 0. The third-order valence-corrected chi connectivity index (χ3v) is 2.00. The number of hydrogen-bond acceptors (Lipinski definition) is 5. The van der Waals surface area contributed by atoms with Crippen LogP contribution >= 0.6 is 11.8 Å². The van der Waals surface area contributed by atoms with Gasteiger partial charge < -0.3 is 5.43 Å². The highest BCUT2D eigenvalue weighted by Crippen LogP contribution is 2.14. The van der Waals surface area contributed by atoms with E-state index in [0.717, 1.165) is 10.8 Å². The number of aromatic nitrogens is 2. The molecule has 12 heavy (non-hydrogen) atoms. The normalized spacial score (nSPS) is 9.42. The number of anilines is 1. The van der Waals surface area contributed by atoms with Crippen LogP contribution in [0.1, 0.15) is 0 Å². The fourth-order valence-corrected chi connectivity index (χ4v) is 1.22. The highest BCUT2D eigenvalue weighted by molar-refractivity contribution is 7.99. The molecule has 4 nitrogen and oxygen atoms in total. The van der Waals surface area contributed by atoms with Crippen molar-refractivity contribution < 1.29 is 0 Å². The van der Waals surface area contributed by atoms with Gasteiger partial charge in [-0.2, -0.15) is 0 Å². The van der Waals surface area contributed by atoms with E-state index in [4.69, 9.17) is 5.84 Å². The molecule has 1 aromatic heterocycles. The Morgan fingerprint density at radius 1 is 1.67 bits per heavy atom. The fourth-order valence-electron chi connectivity index (χ4n) is 0.631. The van der Waals surface area contributed by atoms with Gasteiger partial charge in [0.15, 0.2) is 5.82 Å². The molecule has 0 bridgehead atoms. The minimum absolute atomic E-state index is 0.573. The number of thioether (sulfide) groups is 1. The molecule has 1 rings (SSSR count). The molecule has 5 heteroatoms. The lowest BCUT2D eigenvalue weighted by molar-refractivity contribution is 1.04. The van der Waals surface area contributed by atoms with Gasteiger partial charge in [-0.05, 0) is 0 Å². The zero-order chi connectivity index (χ0) is 8.81. The van der Waals surface area contributed by atoms with E-state index in [9.17, 15) is 0 Å². The van der Waals surface area contributed by atoms with E-state index in [1.807, 2.05) is 6.08 Å². The number of nitrogens with zero attached hydrogens (tertiary/aromatic N) is 2. The lowest BCUT2D eigenvalue weighted by Crippen LogP contribution is -2.08. The second kappa shape index (κ2) is 4.74. The number of hydrazine groups is 1. The van der Waals surface area contributed by atoms with Gasteiger partial charge in [-0.25, -0.2) is 10.8 Å². The number of nitrogen functional groups attached to an aromatic ring is 1. The molecule has 0 saturated heterocycles. The molecule has 64 valence electrons. The number of rotatable bonds is 4. The van der Waals surface area contributed by atoms with Crippen molar-refractivity contribution in [2.45, 2.75) is 5.03 Å². The summed E-state index contributed by atoms with van der Waals surface area (Å²) in [4.78, 5) is 8.09. The van der Waals surface area contributed by atoms with Crippen molar-refractivity contribution >= 4 is 17.6 Å². The van der Waals surface area contributed by atoms with E-state index in [0.29, 0.717) is 5.82 Å². The van der Waals surface area contributed by atoms with E-state index < -0.39 is 0 Å². The van der Waals surface area contributed by atoms with Crippen LogP contribution in [0, 0.1) is 0 Å². The average Bonchev–Trinajstić information content (AvgIpc) is 2.15. The first-order valence-corrected chi connectivity index (χ1v) is 4.37. The zero-order valence-electron chi connectivity index (χ0n) is 6.53. The Morgan fingerprint density at radius 2 is 2.50 bits per heavy atom. The second-order valence-electron chi connectivity index (χ2n) is 1.99. The average molecular weight is 182 g/mol. The first-order valence-electron chi connectivity index (χ1n) is 3.39. The Kier molecular flexibility index (Phi) is 3.56. The van der Waals surface area contributed by atoms with Crippen LogP contribution in [-0.4, -0.2) is 15.7 Å². The molecule has 0 atom stereocenters. The molecule has 0 aliphatic carbocycles. The highest BCUT2D eigenvalue weighted by Gasteiger charge is 1.95. The summed E-state index contributed by atoms with van der Waals surface area (Å²) >= 11 is 1.56. The van der Waals surface area contributed by atoms with Crippen molar-refractivity contribution in [2.75, 3.05) is 11.2 Å². The molecule has 0 spiro atoms.